The number of carbonyl (C=O) groups excluding carboxylic acids is 2. The van der Waals surface area contributed by atoms with Crippen molar-refractivity contribution in [2.45, 2.75) is 46.2 Å². The summed E-state index contributed by atoms with van der Waals surface area (Å²) in [6, 6.07) is 11.3. The molecule has 0 spiro atoms. The summed E-state index contributed by atoms with van der Waals surface area (Å²) in [7, 11) is 1.69. The fraction of sp³-hybridized carbons (Fsp3) is 0.364. The van der Waals surface area contributed by atoms with Gasteiger partial charge in [0.1, 0.15) is 11.9 Å². The Morgan fingerprint density at radius 1 is 1.14 bits per heavy atom. The Kier molecular flexibility index (Phi) is 7.55. The van der Waals surface area contributed by atoms with Crippen molar-refractivity contribution in [3.05, 3.63) is 59.4 Å². The summed E-state index contributed by atoms with van der Waals surface area (Å²) in [4.78, 5) is 26.1. The van der Waals surface area contributed by atoms with Gasteiger partial charge in [-0.15, -0.1) is 0 Å². The third-order valence-corrected chi connectivity index (χ3v) is 4.51. The molecule has 0 aliphatic carbocycles. The number of carbonyl (C=O) groups is 2. The van der Waals surface area contributed by atoms with Gasteiger partial charge < -0.3 is 15.5 Å². The first-order valence-corrected chi connectivity index (χ1v) is 9.47. The molecule has 0 bridgehead atoms. The van der Waals surface area contributed by atoms with Crippen molar-refractivity contribution in [2.24, 2.45) is 0 Å². The van der Waals surface area contributed by atoms with Crippen LogP contribution >= 0.6 is 0 Å². The molecule has 150 valence electrons. The second kappa shape index (κ2) is 9.88. The molecule has 2 aromatic rings. The van der Waals surface area contributed by atoms with Crippen LogP contribution < -0.4 is 10.6 Å². The summed E-state index contributed by atoms with van der Waals surface area (Å²) in [5.74, 6) is -0.451. The van der Waals surface area contributed by atoms with Gasteiger partial charge in [0.2, 0.25) is 11.8 Å². The Balaban J connectivity index is 2.04. The molecular weight excluding hydrogens is 357 g/mol. The lowest BCUT2D eigenvalue weighted by Crippen LogP contribution is -2.38. The molecule has 2 aromatic carbocycles. The zero-order valence-electron chi connectivity index (χ0n) is 16.9. The number of rotatable bonds is 8. The first-order valence-electron chi connectivity index (χ1n) is 9.47. The Morgan fingerprint density at radius 2 is 1.82 bits per heavy atom. The number of nitrogens with one attached hydrogen (secondary N) is 2. The van der Waals surface area contributed by atoms with Crippen molar-refractivity contribution in [3.8, 4) is 0 Å². The van der Waals surface area contributed by atoms with Crippen LogP contribution in [0.2, 0.25) is 0 Å². The Bertz CT molecular complexity index is 838. The number of amides is 2. The first-order chi connectivity index (χ1) is 13.3. The van der Waals surface area contributed by atoms with E-state index in [1.165, 1.54) is 12.1 Å². The van der Waals surface area contributed by atoms with Crippen molar-refractivity contribution in [1.29, 1.82) is 0 Å². The second-order valence-electron chi connectivity index (χ2n) is 6.97. The Hall–Kier alpha value is -2.89. The third kappa shape index (κ3) is 5.81. The van der Waals surface area contributed by atoms with E-state index in [1.807, 2.05) is 32.0 Å². The van der Waals surface area contributed by atoms with Crippen LogP contribution in [0.15, 0.2) is 42.5 Å². The molecule has 2 rings (SSSR count). The lowest BCUT2D eigenvalue weighted by molar-refractivity contribution is -0.130. The first kappa shape index (κ1) is 21.4. The molecule has 1 atom stereocenters. The van der Waals surface area contributed by atoms with E-state index < -0.39 is 6.04 Å². The zero-order chi connectivity index (χ0) is 20.7. The molecule has 28 heavy (non-hydrogen) atoms. The molecule has 0 saturated carbocycles. The summed E-state index contributed by atoms with van der Waals surface area (Å²) in [5.41, 5.74) is 3.13. The number of nitrogens with zero attached hydrogens (tertiary/aromatic N) is 1. The molecule has 2 N–H and O–H groups in total. The van der Waals surface area contributed by atoms with Gasteiger partial charge in [-0.05, 0) is 55.7 Å². The van der Waals surface area contributed by atoms with E-state index in [4.69, 9.17) is 0 Å². The van der Waals surface area contributed by atoms with Crippen LogP contribution in [-0.2, 0) is 16.1 Å². The van der Waals surface area contributed by atoms with Crippen LogP contribution in [0.3, 0.4) is 0 Å². The normalized spacial score (nSPS) is 11.6. The smallest absolute Gasteiger partial charge is 0.244 e. The monoisotopic (exact) mass is 385 g/mol. The summed E-state index contributed by atoms with van der Waals surface area (Å²) in [6.07, 6.45) is 1.25. The summed E-state index contributed by atoms with van der Waals surface area (Å²) < 4.78 is 13.3. The molecule has 2 amide bonds. The average Bonchev–Trinajstić information content (AvgIpc) is 2.64. The van der Waals surface area contributed by atoms with Crippen LogP contribution in [0.5, 0.6) is 0 Å². The predicted molar refractivity (Wildman–Crippen MR) is 111 cm³/mol. The molecule has 0 radical (unpaired) electrons. The van der Waals surface area contributed by atoms with Crippen LogP contribution in [0.25, 0.3) is 0 Å². The van der Waals surface area contributed by atoms with Gasteiger partial charge in [-0.1, -0.05) is 25.1 Å². The van der Waals surface area contributed by atoms with Gasteiger partial charge >= 0.3 is 0 Å². The van der Waals surface area contributed by atoms with E-state index in [-0.39, 0.29) is 17.6 Å². The highest BCUT2D eigenvalue weighted by Crippen LogP contribution is 2.24. The second-order valence-corrected chi connectivity index (χ2v) is 6.97. The quantitative estimate of drug-likeness (QED) is 0.711. The van der Waals surface area contributed by atoms with Gasteiger partial charge in [-0.25, -0.2) is 4.39 Å². The number of hydrogen-bond acceptors (Lipinski definition) is 3. The molecule has 0 heterocycles. The topological polar surface area (TPSA) is 61.4 Å². The van der Waals surface area contributed by atoms with Crippen LogP contribution in [0.4, 0.5) is 15.8 Å². The van der Waals surface area contributed by atoms with Gasteiger partial charge in [0, 0.05) is 31.4 Å². The van der Waals surface area contributed by atoms with Crippen molar-refractivity contribution in [3.63, 3.8) is 0 Å². The molecule has 0 aromatic heterocycles. The van der Waals surface area contributed by atoms with E-state index in [2.05, 4.69) is 10.6 Å². The largest absolute Gasteiger partial charge is 0.374 e. The lowest BCUT2D eigenvalue weighted by atomic mass is 10.1. The maximum Gasteiger partial charge on any atom is 0.244 e. The van der Waals surface area contributed by atoms with E-state index in [0.717, 1.165) is 28.9 Å². The number of halogens is 1. The summed E-state index contributed by atoms with van der Waals surface area (Å²) in [5, 5.41) is 6.12. The van der Waals surface area contributed by atoms with Crippen LogP contribution in [0, 0.1) is 12.7 Å². The van der Waals surface area contributed by atoms with E-state index in [0.29, 0.717) is 13.0 Å². The van der Waals surface area contributed by atoms with Gasteiger partial charge in [-0.2, -0.15) is 0 Å². The van der Waals surface area contributed by atoms with E-state index in [1.54, 1.807) is 31.0 Å². The maximum atomic E-state index is 13.3. The number of anilines is 2. The van der Waals surface area contributed by atoms with Gasteiger partial charge in [0.15, 0.2) is 0 Å². The van der Waals surface area contributed by atoms with Gasteiger partial charge in [0.05, 0.1) is 0 Å². The van der Waals surface area contributed by atoms with E-state index in [9.17, 15) is 14.0 Å². The van der Waals surface area contributed by atoms with Crippen molar-refractivity contribution >= 4 is 23.2 Å². The standard InChI is InChI=1S/C22H28FN3O2/c1-5-8-21(27)25-20-12-7-11-19(15(20)2)24-16(3)22(28)26(4)14-17-9-6-10-18(23)13-17/h6-7,9-13,16,24H,5,8,14H2,1-4H3,(H,25,27). The summed E-state index contributed by atoms with van der Waals surface area (Å²) >= 11 is 0. The minimum absolute atomic E-state index is 0.0262. The number of likely N-dealkylation sites (N-methyl/N-ethyl adjacent to an activating group) is 1. The fourth-order valence-electron chi connectivity index (χ4n) is 2.98. The third-order valence-electron chi connectivity index (χ3n) is 4.51. The van der Waals surface area contributed by atoms with Crippen LogP contribution in [-0.4, -0.2) is 29.8 Å². The Morgan fingerprint density at radius 3 is 2.50 bits per heavy atom. The highest BCUT2D eigenvalue weighted by atomic mass is 19.1. The van der Waals surface area contributed by atoms with Crippen molar-refractivity contribution < 1.29 is 14.0 Å². The van der Waals surface area contributed by atoms with E-state index >= 15 is 0 Å². The van der Waals surface area contributed by atoms with Crippen LogP contribution in [0.1, 0.15) is 37.8 Å². The molecule has 5 nitrogen and oxygen atoms in total. The minimum atomic E-state index is -0.473. The fourth-order valence-corrected chi connectivity index (χ4v) is 2.98. The molecule has 6 heteroatoms. The number of benzene rings is 2. The average molecular weight is 385 g/mol. The van der Waals surface area contributed by atoms with Gasteiger partial charge in [-0.3, -0.25) is 9.59 Å². The highest BCUT2D eigenvalue weighted by Gasteiger charge is 2.19. The molecular formula is C22H28FN3O2. The lowest BCUT2D eigenvalue weighted by Gasteiger charge is -2.24. The SMILES string of the molecule is CCCC(=O)Nc1cccc(NC(C)C(=O)N(C)Cc2cccc(F)c2)c1C. The molecule has 0 fully saturated rings. The molecule has 1 unspecified atom stereocenters. The summed E-state index contributed by atoms with van der Waals surface area (Å²) in [6.45, 7) is 5.97. The predicted octanol–water partition coefficient (Wildman–Crippen LogP) is 4.33. The molecule has 0 aliphatic heterocycles. The molecule has 0 aliphatic rings. The Labute approximate surface area is 165 Å². The number of hydrogen-bond donors (Lipinski definition) is 2. The zero-order valence-corrected chi connectivity index (χ0v) is 16.9. The highest BCUT2D eigenvalue weighted by molar-refractivity contribution is 5.92. The van der Waals surface area contributed by atoms with Crippen molar-refractivity contribution in [1.82, 2.24) is 4.90 Å². The van der Waals surface area contributed by atoms with Gasteiger partial charge in [0.25, 0.3) is 0 Å². The molecule has 0 saturated heterocycles. The maximum absolute atomic E-state index is 13.3. The van der Waals surface area contributed by atoms with Crippen molar-refractivity contribution in [2.75, 3.05) is 17.7 Å². The minimum Gasteiger partial charge on any atom is -0.374 e.